The van der Waals surface area contributed by atoms with Crippen LogP contribution >= 0.6 is 11.8 Å². The number of thioether (sulfide) groups is 1. The topological polar surface area (TPSA) is 34.1 Å². The van der Waals surface area contributed by atoms with Crippen LogP contribution in [0.3, 0.4) is 0 Å². The van der Waals surface area contributed by atoms with Crippen molar-refractivity contribution in [1.82, 2.24) is 0 Å². The second-order valence-electron chi connectivity index (χ2n) is 1.63. The zero-order chi connectivity index (χ0) is 7.82. The fourth-order valence-corrected chi connectivity index (χ4v) is 1.38. The van der Waals surface area contributed by atoms with E-state index < -0.39 is 0 Å². The third-order valence-corrected chi connectivity index (χ3v) is 1.97. The largest absolute Gasteiger partial charge is 0.792 e. The summed E-state index contributed by atoms with van der Waals surface area (Å²) in [7, 11) is 0. The van der Waals surface area contributed by atoms with Gasteiger partial charge in [-0.1, -0.05) is 11.8 Å². The molecule has 0 bridgehead atoms. The Bertz CT molecular complexity index is 114. The Labute approximate surface area is 70.2 Å². The van der Waals surface area contributed by atoms with Crippen LogP contribution in [0.15, 0.2) is 0 Å². The van der Waals surface area contributed by atoms with Crippen molar-refractivity contribution in [3.05, 3.63) is 0 Å². The molecule has 0 N–H and O–H groups in total. The highest BCUT2D eigenvalue weighted by atomic mass is 32.2. The van der Waals surface area contributed by atoms with Gasteiger partial charge in [-0.15, -0.1) is 0 Å². The van der Waals surface area contributed by atoms with Crippen molar-refractivity contribution in [1.29, 1.82) is 0 Å². The molecule has 0 saturated heterocycles. The summed E-state index contributed by atoms with van der Waals surface area (Å²) in [5.74, 6) is 1.07. The van der Waals surface area contributed by atoms with E-state index in [0.717, 1.165) is 6.29 Å². The molecule has 10 heavy (non-hydrogen) atoms. The third-order valence-electron chi connectivity index (χ3n) is 0.805. The SMILES string of the molecule is O=CCCSC(=O)CC[S-]. The Morgan fingerprint density at radius 1 is 1.60 bits per heavy atom. The first-order valence-electron chi connectivity index (χ1n) is 2.98. The molecule has 0 aliphatic heterocycles. The lowest BCUT2D eigenvalue weighted by Gasteiger charge is -1.99. The normalized spacial score (nSPS) is 9.30. The van der Waals surface area contributed by atoms with E-state index in [9.17, 15) is 9.59 Å². The lowest BCUT2D eigenvalue weighted by atomic mass is 10.5. The maximum Gasteiger partial charge on any atom is 0.187 e. The number of aldehydes is 1. The predicted molar refractivity (Wildman–Crippen MR) is 45.0 cm³/mol. The van der Waals surface area contributed by atoms with E-state index in [-0.39, 0.29) is 5.12 Å². The summed E-state index contributed by atoms with van der Waals surface area (Å²) in [6, 6.07) is 0. The van der Waals surface area contributed by atoms with Gasteiger partial charge in [0.15, 0.2) is 5.12 Å². The first kappa shape index (κ1) is 10.0. The summed E-state index contributed by atoms with van der Waals surface area (Å²) in [5.41, 5.74) is 0. The minimum Gasteiger partial charge on any atom is -0.792 e. The molecule has 58 valence electrons. The molecule has 0 aromatic heterocycles. The number of hydrogen-bond donors (Lipinski definition) is 0. The lowest BCUT2D eigenvalue weighted by molar-refractivity contribution is -0.110. The molecule has 0 atom stereocenters. The van der Waals surface area contributed by atoms with Crippen LogP contribution in [0.5, 0.6) is 0 Å². The van der Waals surface area contributed by atoms with Gasteiger partial charge in [-0.05, 0) is 6.42 Å². The molecule has 0 unspecified atom stereocenters. The number of carbonyl (C=O) groups excluding carboxylic acids is 2. The zero-order valence-corrected chi connectivity index (χ0v) is 7.17. The van der Waals surface area contributed by atoms with Crippen LogP contribution in [-0.4, -0.2) is 22.9 Å². The smallest absolute Gasteiger partial charge is 0.187 e. The standard InChI is InChI=1S/C6H10O2S2/c7-3-1-5-10-6(8)2-4-9/h3,9H,1-2,4-5H2/p-1. The van der Waals surface area contributed by atoms with Gasteiger partial charge in [0.2, 0.25) is 0 Å². The Balaban J connectivity index is 3.13. The van der Waals surface area contributed by atoms with Crippen molar-refractivity contribution < 1.29 is 9.59 Å². The summed E-state index contributed by atoms with van der Waals surface area (Å²) >= 11 is 5.79. The van der Waals surface area contributed by atoms with E-state index in [1.165, 1.54) is 11.8 Å². The quantitative estimate of drug-likeness (QED) is 0.353. The van der Waals surface area contributed by atoms with Gasteiger partial charge >= 0.3 is 0 Å². The first-order chi connectivity index (χ1) is 4.81. The Kier molecular flexibility index (Phi) is 7.18. The van der Waals surface area contributed by atoms with E-state index in [0.29, 0.717) is 24.3 Å². The molecule has 0 saturated carbocycles. The van der Waals surface area contributed by atoms with Crippen molar-refractivity contribution in [2.45, 2.75) is 12.8 Å². The van der Waals surface area contributed by atoms with Crippen molar-refractivity contribution >= 4 is 35.8 Å². The zero-order valence-electron chi connectivity index (χ0n) is 5.54. The summed E-state index contributed by atoms with van der Waals surface area (Å²) in [6.07, 6.45) is 1.71. The van der Waals surface area contributed by atoms with Crippen LogP contribution in [0.2, 0.25) is 0 Å². The molecule has 0 aromatic carbocycles. The van der Waals surface area contributed by atoms with Crippen LogP contribution in [-0.2, 0) is 22.2 Å². The van der Waals surface area contributed by atoms with Gasteiger partial charge in [-0.25, -0.2) is 0 Å². The lowest BCUT2D eigenvalue weighted by Crippen LogP contribution is -1.95. The van der Waals surface area contributed by atoms with Gasteiger partial charge in [0.05, 0.1) is 0 Å². The maximum absolute atomic E-state index is 10.7. The Morgan fingerprint density at radius 2 is 2.30 bits per heavy atom. The summed E-state index contributed by atoms with van der Waals surface area (Å²) < 4.78 is 0. The molecule has 0 aliphatic carbocycles. The fraction of sp³-hybridized carbons (Fsp3) is 0.667. The molecule has 2 nitrogen and oxygen atoms in total. The van der Waals surface area contributed by atoms with Gasteiger partial charge in [0, 0.05) is 12.2 Å². The Morgan fingerprint density at radius 3 is 2.80 bits per heavy atom. The number of hydrogen-bond acceptors (Lipinski definition) is 4. The van der Waals surface area contributed by atoms with Gasteiger partial charge in [0.25, 0.3) is 0 Å². The molecule has 0 spiro atoms. The molecule has 0 fully saturated rings. The Hall–Kier alpha value is 0.0400. The molecule has 0 amide bonds. The van der Waals surface area contributed by atoms with Crippen molar-refractivity contribution in [2.75, 3.05) is 11.5 Å². The monoisotopic (exact) mass is 177 g/mol. The van der Waals surface area contributed by atoms with Crippen LogP contribution in [0.4, 0.5) is 0 Å². The van der Waals surface area contributed by atoms with Crippen LogP contribution < -0.4 is 0 Å². The summed E-state index contributed by atoms with van der Waals surface area (Å²) in [4.78, 5) is 20.5. The molecule has 0 heterocycles. The molecule has 4 heteroatoms. The molecule has 0 rings (SSSR count). The van der Waals surface area contributed by atoms with Crippen molar-refractivity contribution in [3.63, 3.8) is 0 Å². The molecular weight excluding hydrogens is 168 g/mol. The highest BCUT2D eigenvalue weighted by Gasteiger charge is 1.96. The molecule has 0 radical (unpaired) electrons. The molecular formula is C6H9O2S2-. The van der Waals surface area contributed by atoms with E-state index in [4.69, 9.17) is 0 Å². The number of rotatable bonds is 5. The third kappa shape index (κ3) is 6.16. The van der Waals surface area contributed by atoms with Crippen molar-refractivity contribution in [2.24, 2.45) is 0 Å². The van der Waals surface area contributed by atoms with E-state index in [1.54, 1.807) is 0 Å². The van der Waals surface area contributed by atoms with Crippen LogP contribution in [0.1, 0.15) is 12.8 Å². The minimum atomic E-state index is 0.0943. The van der Waals surface area contributed by atoms with E-state index >= 15 is 0 Å². The fourth-order valence-electron chi connectivity index (χ4n) is 0.376. The average molecular weight is 177 g/mol. The first-order valence-corrected chi connectivity index (χ1v) is 4.55. The second kappa shape index (κ2) is 7.15. The number of carbonyl (C=O) groups is 2. The van der Waals surface area contributed by atoms with Crippen LogP contribution in [0.25, 0.3) is 0 Å². The highest BCUT2D eigenvalue weighted by molar-refractivity contribution is 8.13. The van der Waals surface area contributed by atoms with E-state index in [2.05, 4.69) is 12.6 Å². The molecule has 0 aromatic rings. The summed E-state index contributed by atoms with van der Waals surface area (Å²) in [6.45, 7) is 0. The van der Waals surface area contributed by atoms with E-state index in [1.807, 2.05) is 0 Å². The van der Waals surface area contributed by atoms with Gasteiger partial charge in [0.1, 0.15) is 6.29 Å². The van der Waals surface area contributed by atoms with Gasteiger partial charge in [-0.3, -0.25) is 4.79 Å². The highest BCUT2D eigenvalue weighted by Crippen LogP contribution is 2.05. The second-order valence-corrected chi connectivity index (χ2v) is 3.19. The van der Waals surface area contributed by atoms with Crippen LogP contribution in [0, 0.1) is 0 Å². The van der Waals surface area contributed by atoms with Gasteiger partial charge < -0.3 is 17.4 Å². The molecule has 0 aliphatic rings. The van der Waals surface area contributed by atoms with Gasteiger partial charge in [-0.2, -0.15) is 5.75 Å². The summed E-state index contributed by atoms with van der Waals surface area (Å²) in [5, 5.41) is 0.0943. The predicted octanol–water partition coefficient (Wildman–Crippen LogP) is 0.772. The minimum absolute atomic E-state index is 0.0943. The average Bonchev–Trinajstić information content (AvgIpc) is 1.89. The maximum atomic E-state index is 10.7. The van der Waals surface area contributed by atoms with Crippen molar-refractivity contribution in [3.8, 4) is 0 Å².